The highest BCUT2D eigenvalue weighted by Gasteiger charge is 2.42. The van der Waals surface area contributed by atoms with Crippen molar-refractivity contribution in [2.24, 2.45) is 0 Å². The molecule has 0 aliphatic rings. The van der Waals surface area contributed by atoms with Gasteiger partial charge in [0.25, 0.3) is 0 Å². The summed E-state index contributed by atoms with van der Waals surface area (Å²) < 4.78 is 5.60. The van der Waals surface area contributed by atoms with Gasteiger partial charge in [-0.25, -0.2) is 0 Å². The van der Waals surface area contributed by atoms with Crippen molar-refractivity contribution in [3.8, 4) is 0 Å². The Balaban J connectivity index is 2.33. The van der Waals surface area contributed by atoms with Crippen molar-refractivity contribution in [1.82, 2.24) is 0 Å². The Bertz CT molecular complexity index is 650. The summed E-state index contributed by atoms with van der Waals surface area (Å²) in [7, 11) is 1.79. The maximum atomic E-state index is 5.60. The molecule has 0 radical (unpaired) electrons. The summed E-state index contributed by atoms with van der Waals surface area (Å²) in [4.78, 5) is 0. The standard InChI is InChI=1S/C21H20IOP/c1-23-17-24(22)21(18-11-5-2-6-12-18,19-13-7-3-8-14-19)20-15-9-4-10-16-20/h2-16H,17H2,1H3. The van der Waals surface area contributed by atoms with E-state index in [9.17, 15) is 0 Å². The number of benzene rings is 3. The number of ether oxygens (including phenoxy) is 1. The van der Waals surface area contributed by atoms with Crippen LogP contribution in [-0.4, -0.2) is 13.5 Å². The number of methoxy groups -OCH3 is 1. The van der Waals surface area contributed by atoms with Crippen molar-refractivity contribution in [1.29, 1.82) is 0 Å². The van der Waals surface area contributed by atoms with Gasteiger partial charge in [0.1, 0.15) is 0 Å². The first-order valence-electron chi connectivity index (χ1n) is 7.89. The van der Waals surface area contributed by atoms with E-state index in [0.29, 0.717) is 0 Å². The quantitative estimate of drug-likeness (QED) is 0.242. The molecule has 0 aliphatic heterocycles. The topological polar surface area (TPSA) is 9.23 Å². The van der Waals surface area contributed by atoms with Crippen LogP contribution in [0.4, 0.5) is 0 Å². The molecule has 0 saturated carbocycles. The molecule has 1 nitrogen and oxygen atoms in total. The van der Waals surface area contributed by atoms with Gasteiger partial charge in [0.2, 0.25) is 0 Å². The van der Waals surface area contributed by atoms with Gasteiger partial charge in [0, 0.05) is 12.7 Å². The van der Waals surface area contributed by atoms with Gasteiger partial charge < -0.3 is 4.74 Å². The molecule has 3 rings (SSSR count). The van der Waals surface area contributed by atoms with Crippen molar-refractivity contribution in [3.05, 3.63) is 108 Å². The molecule has 0 bridgehead atoms. The fraction of sp³-hybridized carbons (Fsp3) is 0.143. The molecule has 0 aliphatic carbocycles. The zero-order chi connectivity index (χ0) is 16.8. The second-order valence-electron chi connectivity index (χ2n) is 5.59. The van der Waals surface area contributed by atoms with E-state index >= 15 is 0 Å². The van der Waals surface area contributed by atoms with Gasteiger partial charge in [-0.2, -0.15) is 0 Å². The van der Waals surface area contributed by atoms with E-state index in [-0.39, 0.29) is 5.16 Å². The van der Waals surface area contributed by atoms with Crippen LogP contribution >= 0.6 is 27.6 Å². The molecule has 24 heavy (non-hydrogen) atoms. The Kier molecular flexibility index (Phi) is 6.04. The largest absolute Gasteiger partial charge is 0.379 e. The summed E-state index contributed by atoms with van der Waals surface area (Å²) in [5.74, 6) is 0. The summed E-state index contributed by atoms with van der Waals surface area (Å²) in [6.07, 6.45) is 0.745. The van der Waals surface area contributed by atoms with Gasteiger partial charge in [-0.15, -0.1) is 0 Å². The van der Waals surface area contributed by atoms with Crippen LogP contribution in [0.5, 0.6) is 0 Å². The minimum atomic E-state index is -0.509. The lowest BCUT2D eigenvalue weighted by Gasteiger charge is -2.39. The lowest BCUT2D eigenvalue weighted by atomic mass is 9.84. The van der Waals surface area contributed by atoms with Crippen LogP contribution in [0.25, 0.3) is 0 Å². The minimum absolute atomic E-state index is 0.185. The molecule has 0 amide bonds. The van der Waals surface area contributed by atoms with Crippen molar-refractivity contribution in [2.75, 3.05) is 13.5 Å². The van der Waals surface area contributed by atoms with E-state index in [4.69, 9.17) is 4.74 Å². The predicted octanol–water partition coefficient (Wildman–Crippen LogP) is 6.41. The highest BCUT2D eigenvalue weighted by atomic mass is 127. The van der Waals surface area contributed by atoms with Crippen LogP contribution < -0.4 is 0 Å². The maximum absolute atomic E-state index is 5.60. The lowest BCUT2D eigenvalue weighted by Crippen LogP contribution is -2.27. The molecule has 1 unspecified atom stereocenters. The first kappa shape index (κ1) is 17.6. The lowest BCUT2D eigenvalue weighted by molar-refractivity contribution is 0.255. The molecule has 3 aromatic rings. The fourth-order valence-electron chi connectivity index (χ4n) is 3.17. The fourth-order valence-corrected chi connectivity index (χ4v) is 8.22. The number of halogens is 1. The zero-order valence-electron chi connectivity index (χ0n) is 13.6. The maximum Gasteiger partial charge on any atom is 0.0763 e. The van der Waals surface area contributed by atoms with Crippen molar-refractivity contribution < 1.29 is 4.74 Å². The summed E-state index contributed by atoms with van der Waals surface area (Å²) in [6, 6.07) is 32.4. The molecule has 3 aromatic carbocycles. The molecule has 0 aromatic heterocycles. The average Bonchev–Trinajstić information content (AvgIpc) is 2.65. The Morgan fingerprint density at radius 1 is 0.708 bits per heavy atom. The average molecular weight is 446 g/mol. The van der Waals surface area contributed by atoms with E-state index in [0.717, 1.165) is 6.35 Å². The van der Waals surface area contributed by atoms with Gasteiger partial charge in [-0.05, 0) is 38.7 Å². The predicted molar refractivity (Wildman–Crippen MR) is 112 cm³/mol. The molecule has 122 valence electrons. The molecule has 1 atom stereocenters. The third-order valence-corrected chi connectivity index (χ3v) is 9.17. The van der Waals surface area contributed by atoms with Crippen LogP contribution in [0.15, 0.2) is 91.0 Å². The summed E-state index contributed by atoms with van der Waals surface area (Å²) >= 11 is 2.61. The van der Waals surface area contributed by atoms with Crippen molar-refractivity contribution in [3.63, 3.8) is 0 Å². The molecule has 0 saturated heterocycles. The van der Waals surface area contributed by atoms with E-state index in [1.165, 1.54) is 16.7 Å². The van der Waals surface area contributed by atoms with E-state index in [1.807, 2.05) is 0 Å². The van der Waals surface area contributed by atoms with E-state index < -0.39 is 5.56 Å². The zero-order valence-corrected chi connectivity index (χ0v) is 16.7. The normalized spacial score (nSPS) is 12.8. The SMILES string of the molecule is COCP(I)C(c1ccccc1)(c1ccccc1)c1ccccc1. The molecule has 0 fully saturated rings. The van der Waals surface area contributed by atoms with Crippen molar-refractivity contribution >= 4 is 27.6 Å². The third kappa shape index (κ3) is 3.28. The molecular formula is C21H20IOP. The van der Waals surface area contributed by atoms with Gasteiger partial charge in [-0.1, -0.05) is 91.0 Å². The number of hydrogen-bond acceptors (Lipinski definition) is 1. The first-order valence-corrected chi connectivity index (χ1v) is 12.2. The Morgan fingerprint density at radius 3 is 1.33 bits per heavy atom. The van der Waals surface area contributed by atoms with Crippen LogP contribution in [0.1, 0.15) is 16.7 Å². The smallest absolute Gasteiger partial charge is 0.0763 e. The van der Waals surface area contributed by atoms with Gasteiger partial charge in [-0.3, -0.25) is 0 Å². The Morgan fingerprint density at radius 2 is 1.04 bits per heavy atom. The second kappa shape index (κ2) is 8.24. The molecule has 0 spiro atoms. The van der Waals surface area contributed by atoms with Gasteiger partial charge in [0.05, 0.1) is 11.5 Å². The van der Waals surface area contributed by atoms with Crippen molar-refractivity contribution in [2.45, 2.75) is 5.16 Å². The highest BCUT2D eigenvalue weighted by molar-refractivity contribution is 14.2. The summed E-state index contributed by atoms with van der Waals surface area (Å²) in [5, 5.41) is -0.185. The molecule has 0 N–H and O–H groups in total. The molecular weight excluding hydrogens is 426 g/mol. The summed E-state index contributed by atoms with van der Waals surface area (Å²) in [5.41, 5.74) is 3.45. The monoisotopic (exact) mass is 446 g/mol. The summed E-state index contributed by atoms with van der Waals surface area (Å²) in [6.45, 7) is 0. The highest BCUT2D eigenvalue weighted by Crippen LogP contribution is 2.67. The molecule has 0 heterocycles. The van der Waals surface area contributed by atoms with Crippen LogP contribution in [0.2, 0.25) is 0 Å². The van der Waals surface area contributed by atoms with E-state index in [2.05, 4.69) is 113 Å². The van der Waals surface area contributed by atoms with Gasteiger partial charge >= 0.3 is 0 Å². The third-order valence-electron chi connectivity index (χ3n) is 4.18. The minimum Gasteiger partial charge on any atom is -0.379 e. The van der Waals surface area contributed by atoms with Gasteiger partial charge in [0.15, 0.2) is 0 Å². The second-order valence-corrected chi connectivity index (χ2v) is 10.7. The van der Waals surface area contributed by atoms with Crippen LogP contribution in [0.3, 0.4) is 0 Å². The Hall–Kier alpha value is -1.22. The van der Waals surface area contributed by atoms with E-state index in [1.54, 1.807) is 7.11 Å². The Labute approximate surface area is 158 Å². The number of hydrogen-bond donors (Lipinski definition) is 0. The van der Waals surface area contributed by atoms with Crippen LogP contribution in [0, 0.1) is 0 Å². The van der Waals surface area contributed by atoms with Crippen LogP contribution in [-0.2, 0) is 9.89 Å². The molecule has 3 heteroatoms. The number of rotatable bonds is 6. The first-order chi connectivity index (χ1) is 11.8.